The van der Waals surface area contributed by atoms with Crippen molar-refractivity contribution in [2.45, 2.75) is 64.0 Å². The van der Waals surface area contributed by atoms with Gasteiger partial charge in [0.2, 0.25) is 0 Å². The van der Waals surface area contributed by atoms with Crippen LogP contribution >= 0.6 is 0 Å². The van der Waals surface area contributed by atoms with Gasteiger partial charge in [-0.3, -0.25) is 4.79 Å². The molecule has 4 aliphatic carbocycles. The third-order valence-corrected chi connectivity index (χ3v) is 7.98. The average Bonchev–Trinajstić information content (AvgIpc) is 2.98. The lowest BCUT2D eigenvalue weighted by molar-refractivity contribution is -0.236. The molecule has 3 fully saturated rings. The van der Waals surface area contributed by atoms with Crippen molar-refractivity contribution in [3.05, 3.63) is 11.6 Å². The zero-order chi connectivity index (χ0) is 17.8. The molecule has 0 aromatic heterocycles. The number of carbonyl (C=O) groups is 1. The topological polar surface area (TPSA) is 37.3 Å². The molecule has 0 aromatic carbocycles. The summed E-state index contributed by atoms with van der Waals surface area (Å²) >= 11 is 0. The molecule has 0 saturated heterocycles. The molecule has 2 nitrogen and oxygen atoms in total. The van der Waals surface area contributed by atoms with Crippen molar-refractivity contribution in [3.63, 3.8) is 0 Å². The van der Waals surface area contributed by atoms with Crippen LogP contribution in [0.2, 0.25) is 0 Å². The Balaban J connectivity index is 1.64. The first-order valence-electron chi connectivity index (χ1n) is 9.77. The van der Waals surface area contributed by atoms with Gasteiger partial charge >= 0.3 is 6.18 Å². The van der Waals surface area contributed by atoms with Gasteiger partial charge in [0.1, 0.15) is 0 Å². The van der Waals surface area contributed by atoms with E-state index in [9.17, 15) is 23.1 Å². The van der Waals surface area contributed by atoms with Crippen molar-refractivity contribution in [2.24, 2.45) is 35.0 Å². The van der Waals surface area contributed by atoms with E-state index in [2.05, 4.69) is 0 Å². The number of carbonyl (C=O) groups excluding carboxylic acids is 1. The summed E-state index contributed by atoms with van der Waals surface area (Å²) in [6, 6.07) is 0. The molecule has 5 heteroatoms. The molecule has 0 aliphatic heterocycles. The maximum absolute atomic E-state index is 13.7. The first-order chi connectivity index (χ1) is 11.9. The van der Waals surface area contributed by atoms with Gasteiger partial charge < -0.3 is 5.11 Å². The normalized spacial score (nSPS) is 42.2. The lowest BCUT2D eigenvalue weighted by atomic mass is 9.49. The smallest absolute Gasteiger partial charge is 0.394 e. The average molecular weight is 356 g/mol. The Morgan fingerprint density at radius 3 is 2.64 bits per heavy atom. The van der Waals surface area contributed by atoms with Gasteiger partial charge in [-0.1, -0.05) is 12.0 Å². The Kier molecular flexibility index (Phi) is 4.29. The molecule has 2 unspecified atom stereocenters. The number of allylic oxidation sites excluding steroid dienone is 1. The Bertz CT molecular complexity index is 582. The maximum Gasteiger partial charge on any atom is 0.394 e. The van der Waals surface area contributed by atoms with E-state index >= 15 is 0 Å². The summed E-state index contributed by atoms with van der Waals surface area (Å²) in [5.41, 5.74) is 0.511. The number of alkyl halides is 3. The molecule has 1 N–H and O–H groups in total. The Morgan fingerprint density at radius 2 is 1.92 bits per heavy atom. The second kappa shape index (κ2) is 6.11. The van der Waals surface area contributed by atoms with Crippen LogP contribution in [0.4, 0.5) is 13.2 Å². The van der Waals surface area contributed by atoms with E-state index < -0.39 is 24.1 Å². The predicted molar refractivity (Wildman–Crippen MR) is 87.7 cm³/mol. The molecule has 0 bridgehead atoms. The van der Waals surface area contributed by atoms with Crippen LogP contribution in [0.3, 0.4) is 0 Å². The lowest BCUT2D eigenvalue weighted by Crippen LogP contribution is -2.52. The highest BCUT2D eigenvalue weighted by Crippen LogP contribution is 2.66. The van der Waals surface area contributed by atoms with Crippen molar-refractivity contribution >= 4 is 5.78 Å². The summed E-state index contributed by atoms with van der Waals surface area (Å²) in [7, 11) is 0. The van der Waals surface area contributed by atoms with Crippen molar-refractivity contribution in [3.8, 4) is 0 Å². The van der Waals surface area contributed by atoms with Gasteiger partial charge in [-0.15, -0.1) is 0 Å². The van der Waals surface area contributed by atoms with Gasteiger partial charge in [0.05, 0.1) is 12.5 Å². The van der Waals surface area contributed by atoms with Crippen LogP contribution in [0.5, 0.6) is 0 Å². The number of ketones is 1. The summed E-state index contributed by atoms with van der Waals surface area (Å²) in [6.45, 7) is -0.777. The highest BCUT2D eigenvalue weighted by Gasteiger charge is 2.62. The first-order valence-corrected chi connectivity index (χ1v) is 9.77. The van der Waals surface area contributed by atoms with Crippen LogP contribution in [-0.4, -0.2) is 23.7 Å². The van der Waals surface area contributed by atoms with Crippen LogP contribution in [-0.2, 0) is 4.79 Å². The van der Waals surface area contributed by atoms with Gasteiger partial charge in [0.15, 0.2) is 5.78 Å². The summed E-state index contributed by atoms with van der Waals surface area (Å²) in [4.78, 5) is 11.7. The third kappa shape index (κ3) is 2.68. The predicted octanol–water partition coefficient (Wildman–Crippen LogP) is 4.67. The molecule has 0 spiro atoms. The minimum atomic E-state index is -4.32. The van der Waals surface area contributed by atoms with E-state index in [0.29, 0.717) is 37.0 Å². The Morgan fingerprint density at radius 1 is 1.12 bits per heavy atom. The van der Waals surface area contributed by atoms with E-state index in [0.717, 1.165) is 38.5 Å². The highest BCUT2D eigenvalue weighted by atomic mass is 19.4. The highest BCUT2D eigenvalue weighted by molar-refractivity contribution is 5.91. The number of fused-ring (bicyclic) bond motifs is 5. The van der Waals surface area contributed by atoms with Gasteiger partial charge in [0.25, 0.3) is 0 Å². The molecule has 0 heterocycles. The fraction of sp³-hybridized carbons (Fsp3) is 0.850. The van der Waals surface area contributed by atoms with E-state index in [-0.39, 0.29) is 11.7 Å². The molecule has 0 radical (unpaired) electrons. The van der Waals surface area contributed by atoms with E-state index in [4.69, 9.17) is 0 Å². The molecule has 4 aliphatic rings. The molecule has 25 heavy (non-hydrogen) atoms. The number of halogens is 3. The zero-order valence-electron chi connectivity index (χ0n) is 14.5. The Hall–Kier alpha value is -0.840. The fourth-order valence-corrected chi connectivity index (χ4v) is 7.10. The van der Waals surface area contributed by atoms with Gasteiger partial charge in [0, 0.05) is 6.42 Å². The number of hydrogen-bond acceptors (Lipinski definition) is 2. The summed E-state index contributed by atoms with van der Waals surface area (Å²) in [6.07, 6.45) is 4.52. The molecule has 0 amide bonds. The molecular formula is C20H27F3O2. The largest absolute Gasteiger partial charge is 0.396 e. The summed E-state index contributed by atoms with van der Waals surface area (Å²) < 4.78 is 41.0. The van der Waals surface area contributed by atoms with Crippen LogP contribution in [0.1, 0.15) is 57.8 Å². The third-order valence-electron chi connectivity index (χ3n) is 7.98. The molecule has 4 rings (SSSR count). The van der Waals surface area contributed by atoms with Crippen LogP contribution in [0, 0.1) is 35.0 Å². The van der Waals surface area contributed by atoms with Crippen molar-refractivity contribution in [2.75, 3.05) is 6.61 Å². The lowest BCUT2D eigenvalue weighted by Gasteiger charge is -2.56. The molecular weight excluding hydrogens is 329 g/mol. The van der Waals surface area contributed by atoms with Gasteiger partial charge in [-0.2, -0.15) is 13.2 Å². The van der Waals surface area contributed by atoms with Gasteiger partial charge in [-0.25, -0.2) is 0 Å². The number of aliphatic hydroxyl groups is 1. The van der Waals surface area contributed by atoms with Crippen LogP contribution in [0.25, 0.3) is 0 Å². The molecule has 6 atom stereocenters. The van der Waals surface area contributed by atoms with Crippen molar-refractivity contribution < 1.29 is 23.1 Å². The number of aliphatic hydroxyl groups excluding tert-OH is 1. The second-order valence-electron chi connectivity index (χ2n) is 8.74. The monoisotopic (exact) mass is 356 g/mol. The SMILES string of the molecule is O=C1C=C2CC[C@@H]3[C@H](CCC4(C(CO)C(F)(F)F)CCC[C@@H]34)[C@H]2CC1. The number of rotatable bonds is 2. The summed E-state index contributed by atoms with van der Waals surface area (Å²) in [5.74, 6) is -0.0796. The second-order valence-corrected chi connectivity index (χ2v) is 8.74. The minimum absolute atomic E-state index is 0.0872. The standard InChI is InChI=1S/C20H27F3O2/c21-20(22,23)18(11-24)19-8-1-2-17(19)16-5-3-12-10-13(25)4-6-14(12)15(16)7-9-19/h10,14-18,24H,1-9,11H2/t14-,15+,16+,17-,18?,19?/m0/s1. The van der Waals surface area contributed by atoms with E-state index in [1.165, 1.54) is 5.57 Å². The first kappa shape index (κ1) is 17.6. The minimum Gasteiger partial charge on any atom is -0.396 e. The van der Waals surface area contributed by atoms with Crippen molar-refractivity contribution in [1.82, 2.24) is 0 Å². The van der Waals surface area contributed by atoms with Gasteiger partial charge in [-0.05, 0) is 80.1 Å². The molecule has 0 aromatic rings. The summed E-state index contributed by atoms with van der Waals surface area (Å²) in [5, 5.41) is 9.60. The van der Waals surface area contributed by atoms with Crippen LogP contribution < -0.4 is 0 Å². The fourth-order valence-electron chi connectivity index (χ4n) is 7.10. The van der Waals surface area contributed by atoms with E-state index in [1.54, 1.807) is 0 Å². The molecule has 140 valence electrons. The van der Waals surface area contributed by atoms with Crippen LogP contribution in [0.15, 0.2) is 11.6 Å². The zero-order valence-corrected chi connectivity index (χ0v) is 14.5. The quantitative estimate of drug-likeness (QED) is 0.781. The maximum atomic E-state index is 13.7. The van der Waals surface area contributed by atoms with Crippen molar-refractivity contribution in [1.29, 1.82) is 0 Å². The Labute approximate surface area is 146 Å². The van der Waals surface area contributed by atoms with E-state index in [1.807, 2.05) is 6.08 Å². The number of hydrogen-bond donors (Lipinski definition) is 1. The molecule has 3 saturated carbocycles.